The predicted molar refractivity (Wildman–Crippen MR) is 125 cm³/mol. The number of carbonyl (C=O) groups excluding carboxylic acids is 1. The molecule has 32 heavy (non-hydrogen) atoms. The molecule has 2 aromatic heterocycles. The first kappa shape index (κ1) is 22.7. The maximum Gasteiger partial charge on any atom is 0.256 e. The van der Waals surface area contributed by atoms with Crippen molar-refractivity contribution in [3.05, 3.63) is 46.2 Å². The number of carbonyl (C=O) groups is 1. The standard InChI is InChI=1S/C22H26ClN5O3S/c1-5-28(6-2)32(30,31)15-9-10-17(23)19(11-15)25-22(29)16-12-18(14-7-8-14)24-21-20(16)13(3)26-27(21)4/h9-12,14H,5-8H2,1-4H3,(H,25,29). The van der Waals surface area contributed by atoms with Gasteiger partial charge >= 0.3 is 0 Å². The minimum Gasteiger partial charge on any atom is -0.321 e. The van der Waals surface area contributed by atoms with Gasteiger partial charge in [0.05, 0.1) is 32.2 Å². The van der Waals surface area contributed by atoms with Gasteiger partial charge in [0.1, 0.15) is 0 Å². The van der Waals surface area contributed by atoms with Crippen LogP contribution in [0.1, 0.15) is 54.4 Å². The number of amides is 1. The molecular weight excluding hydrogens is 450 g/mol. The van der Waals surface area contributed by atoms with Crippen molar-refractivity contribution in [1.82, 2.24) is 19.1 Å². The van der Waals surface area contributed by atoms with Crippen LogP contribution in [0.25, 0.3) is 11.0 Å². The molecule has 1 N–H and O–H groups in total. The maximum atomic E-state index is 13.3. The maximum absolute atomic E-state index is 13.3. The van der Waals surface area contributed by atoms with Crippen molar-refractivity contribution in [3.63, 3.8) is 0 Å². The summed E-state index contributed by atoms with van der Waals surface area (Å²) in [4.78, 5) is 18.1. The largest absolute Gasteiger partial charge is 0.321 e. The van der Waals surface area contributed by atoms with E-state index in [0.717, 1.165) is 18.5 Å². The van der Waals surface area contributed by atoms with E-state index in [4.69, 9.17) is 16.6 Å². The normalized spacial score (nSPS) is 14.3. The molecule has 1 amide bonds. The van der Waals surface area contributed by atoms with E-state index in [1.165, 1.54) is 22.5 Å². The lowest BCUT2D eigenvalue weighted by molar-refractivity contribution is 0.102. The molecule has 0 aliphatic heterocycles. The minimum absolute atomic E-state index is 0.0806. The second-order valence-corrected chi connectivity index (χ2v) is 10.3. The van der Waals surface area contributed by atoms with E-state index in [1.807, 2.05) is 13.0 Å². The van der Waals surface area contributed by atoms with Gasteiger partial charge in [-0.25, -0.2) is 13.4 Å². The Balaban J connectivity index is 1.75. The zero-order valence-electron chi connectivity index (χ0n) is 18.5. The van der Waals surface area contributed by atoms with Crippen molar-refractivity contribution in [2.24, 2.45) is 7.05 Å². The van der Waals surface area contributed by atoms with Crippen LogP contribution < -0.4 is 5.32 Å². The number of nitrogens with one attached hydrogen (secondary N) is 1. The average Bonchev–Trinajstić information content (AvgIpc) is 3.56. The van der Waals surface area contributed by atoms with Gasteiger partial charge in [-0.15, -0.1) is 0 Å². The van der Waals surface area contributed by atoms with Crippen LogP contribution in [0.4, 0.5) is 5.69 Å². The summed E-state index contributed by atoms with van der Waals surface area (Å²) >= 11 is 6.32. The summed E-state index contributed by atoms with van der Waals surface area (Å²) in [6.07, 6.45) is 2.10. The van der Waals surface area contributed by atoms with Gasteiger partial charge < -0.3 is 5.32 Å². The highest BCUT2D eigenvalue weighted by Crippen LogP contribution is 2.40. The lowest BCUT2D eigenvalue weighted by atomic mass is 10.1. The highest BCUT2D eigenvalue weighted by Gasteiger charge is 2.29. The molecule has 2 heterocycles. The highest BCUT2D eigenvalue weighted by atomic mass is 35.5. The first-order chi connectivity index (χ1) is 15.2. The topological polar surface area (TPSA) is 97.2 Å². The number of sulfonamides is 1. The second kappa shape index (κ2) is 8.46. The minimum atomic E-state index is -3.69. The second-order valence-electron chi connectivity index (χ2n) is 7.96. The van der Waals surface area contributed by atoms with E-state index in [-0.39, 0.29) is 21.5 Å². The summed E-state index contributed by atoms with van der Waals surface area (Å²) < 4.78 is 28.9. The number of benzene rings is 1. The first-order valence-electron chi connectivity index (χ1n) is 10.6. The molecule has 4 rings (SSSR count). The van der Waals surface area contributed by atoms with Crippen LogP contribution in [0, 0.1) is 6.92 Å². The number of fused-ring (bicyclic) bond motifs is 1. The lowest BCUT2D eigenvalue weighted by Gasteiger charge is -2.19. The van der Waals surface area contributed by atoms with Gasteiger partial charge in [0.15, 0.2) is 5.65 Å². The Hall–Kier alpha value is -2.49. The molecule has 1 fully saturated rings. The zero-order valence-corrected chi connectivity index (χ0v) is 20.1. The van der Waals surface area contributed by atoms with Crippen molar-refractivity contribution in [2.45, 2.75) is 44.4 Å². The monoisotopic (exact) mass is 475 g/mol. The number of hydrogen-bond donors (Lipinski definition) is 1. The summed E-state index contributed by atoms with van der Waals surface area (Å²) in [5, 5.41) is 8.17. The first-order valence-corrected chi connectivity index (χ1v) is 12.4. The van der Waals surface area contributed by atoms with Crippen LogP contribution in [0.3, 0.4) is 0 Å². The number of hydrogen-bond acceptors (Lipinski definition) is 5. The molecule has 10 heteroatoms. The van der Waals surface area contributed by atoms with Gasteiger partial charge in [-0.2, -0.15) is 9.40 Å². The van der Waals surface area contributed by atoms with Crippen molar-refractivity contribution in [3.8, 4) is 0 Å². The third-order valence-electron chi connectivity index (χ3n) is 5.76. The number of rotatable bonds is 7. The molecule has 0 unspecified atom stereocenters. The highest BCUT2D eigenvalue weighted by molar-refractivity contribution is 7.89. The van der Waals surface area contributed by atoms with Crippen LogP contribution in [-0.4, -0.2) is 46.5 Å². The van der Waals surface area contributed by atoms with Crippen LogP contribution in [0.15, 0.2) is 29.2 Å². The molecule has 0 bridgehead atoms. The molecule has 3 aromatic rings. The fourth-order valence-corrected chi connectivity index (χ4v) is 5.54. The molecule has 8 nitrogen and oxygen atoms in total. The third kappa shape index (κ3) is 4.00. The Morgan fingerprint density at radius 3 is 2.56 bits per heavy atom. The summed E-state index contributed by atoms with van der Waals surface area (Å²) in [5.74, 6) is -0.0260. The Kier molecular flexibility index (Phi) is 6.00. The number of aromatic nitrogens is 3. The van der Waals surface area contributed by atoms with Gasteiger partial charge in [-0.05, 0) is 44.0 Å². The fourth-order valence-electron chi connectivity index (χ4n) is 3.89. The fraction of sp³-hybridized carbons (Fsp3) is 0.409. The van der Waals surface area contributed by atoms with Gasteiger partial charge in [-0.1, -0.05) is 25.4 Å². The van der Waals surface area contributed by atoms with Gasteiger partial charge in [0, 0.05) is 31.7 Å². The van der Waals surface area contributed by atoms with Gasteiger partial charge in [-0.3, -0.25) is 9.48 Å². The molecule has 0 atom stereocenters. The van der Waals surface area contributed by atoms with Crippen molar-refractivity contribution in [1.29, 1.82) is 0 Å². The molecule has 0 spiro atoms. The van der Waals surface area contributed by atoms with E-state index < -0.39 is 10.0 Å². The Bertz CT molecular complexity index is 1310. The van der Waals surface area contributed by atoms with Gasteiger partial charge in [0.25, 0.3) is 5.91 Å². The molecule has 1 aliphatic rings. The lowest BCUT2D eigenvalue weighted by Crippen LogP contribution is -2.30. The molecule has 170 valence electrons. The molecular formula is C22H26ClN5O3S. The third-order valence-corrected chi connectivity index (χ3v) is 8.13. The number of anilines is 1. The smallest absolute Gasteiger partial charge is 0.256 e. The molecule has 0 radical (unpaired) electrons. The zero-order chi connectivity index (χ0) is 23.2. The molecule has 1 aromatic carbocycles. The molecule has 1 saturated carbocycles. The number of halogens is 1. The van der Waals surface area contributed by atoms with E-state index in [9.17, 15) is 13.2 Å². The number of aryl methyl sites for hydroxylation is 2. The van der Waals surface area contributed by atoms with E-state index in [2.05, 4.69) is 10.4 Å². The number of pyridine rings is 1. The number of nitrogens with zero attached hydrogens (tertiary/aromatic N) is 4. The van der Waals surface area contributed by atoms with Crippen LogP contribution in [0.2, 0.25) is 5.02 Å². The van der Waals surface area contributed by atoms with Crippen molar-refractivity contribution >= 4 is 44.3 Å². The summed E-state index contributed by atoms with van der Waals surface area (Å²) in [6.45, 7) is 6.09. The van der Waals surface area contributed by atoms with E-state index >= 15 is 0 Å². The quantitative estimate of drug-likeness (QED) is 0.555. The van der Waals surface area contributed by atoms with Crippen LogP contribution in [0.5, 0.6) is 0 Å². The van der Waals surface area contributed by atoms with Crippen molar-refractivity contribution < 1.29 is 13.2 Å². The Morgan fingerprint density at radius 1 is 1.25 bits per heavy atom. The average molecular weight is 476 g/mol. The van der Waals surface area contributed by atoms with Crippen molar-refractivity contribution in [2.75, 3.05) is 18.4 Å². The van der Waals surface area contributed by atoms with E-state index in [0.29, 0.717) is 41.3 Å². The summed E-state index contributed by atoms with van der Waals surface area (Å²) in [5.41, 5.74) is 2.92. The molecule has 1 aliphatic carbocycles. The van der Waals surface area contributed by atoms with Gasteiger partial charge in [0.2, 0.25) is 10.0 Å². The predicted octanol–water partition coefficient (Wildman–Crippen LogP) is 4.09. The molecule has 0 saturated heterocycles. The van der Waals surface area contributed by atoms with E-state index in [1.54, 1.807) is 25.6 Å². The van der Waals surface area contributed by atoms with Crippen LogP contribution in [-0.2, 0) is 17.1 Å². The Labute approximate surface area is 192 Å². The van der Waals surface area contributed by atoms with Crippen LogP contribution >= 0.6 is 11.6 Å². The SMILES string of the molecule is CCN(CC)S(=O)(=O)c1ccc(Cl)c(NC(=O)c2cc(C3CC3)nc3c2c(C)nn3C)c1. The summed E-state index contributed by atoms with van der Waals surface area (Å²) in [7, 11) is -1.88. The summed E-state index contributed by atoms with van der Waals surface area (Å²) in [6, 6.07) is 6.16. The Morgan fingerprint density at radius 2 is 1.94 bits per heavy atom.